The molecule has 1 fully saturated rings. The summed E-state index contributed by atoms with van der Waals surface area (Å²) in [6.45, 7) is 3.98. The molecule has 1 aromatic rings. The number of rotatable bonds is 4. The lowest BCUT2D eigenvalue weighted by Gasteiger charge is -2.17. The van der Waals surface area contributed by atoms with Crippen LogP contribution in [-0.4, -0.2) is 25.1 Å². The van der Waals surface area contributed by atoms with Gasteiger partial charge in [0.05, 0.1) is 7.11 Å². The molecular formula is C13H20N2O. The maximum atomic E-state index is 5.62. The van der Waals surface area contributed by atoms with Crippen molar-refractivity contribution in [3.63, 3.8) is 0 Å². The van der Waals surface area contributed by atoms with Crippen molar-refractivity contribution in [1.82, 2.24) is 4.90 Å². The van der Waals surface area contributed by atoms with Gasteiger partial charge in [0.2, 0.25) is 0 Å². The lowest BCUT2D eigenvalue weighted by molar-refractivity contribution is 0.321. The predicted molar refractivity (Wildman–Crippen MR) is 65.4 cm³/mol. The molecule has 3 nitrogen and oxygen atoms in total. The minimum atomic E-state index is 0.570. The van der Waals surface area contributed by atoms with Gasteiger partial charge >= 0.3 is 0 Å². The standard InChI is InChI=1S/C13H20N2O/c1-16-13-8-11(9-14)4-5-12(13)10-15-6-2-3-7-15/h4-5,8H,2-3,6-7,9-10,14H2,1H3. The van der Waals surface area contributed by atoms with Crippen molar-refractivity contribution < 1.29 is 4.74 Å². The van der Waals surface area contributed by atoms with E-state index >= 15 is 0 Å². The number of methoxy groups -OCH3 is 1. The molecule has 1 aromatic carbocycles. The Balaban J connectivity index is 2.12. The fourth-order valence-corrected chi connectivity index (χ4v) is 2.23. The minimum absolute atomic E-state index is 0.570. The Labute approximate surface area is 97.2 Å². The van der Waals surface area contributed by atoms with Gasteiger partial charge in [-0.2, -0.15) is 0 Å². The van der Waals surface area contributed by atoms with Gasteiger partial charge < -0.3 is 10.5 Å². The van der Waals surface area contributed by atoms with Crippen LogP contribution in [0.3, 0.4) is 0 Å². The fraction of sp³-hybridized carbons (Fsp3) is 0.538. The zero-order chi connectivity index (χ0) is 11.4. The van der Waals surface area contributed by atoms with E-state index in [4.69, 9.17) is 10.5 Å². The second-order valence-corrected chi connectivity index (χ2v) is 4.33. The summed E-state index contributed by atoms with van der Waals surface area (Å²) in [5.74, 6) is 0.967. The van der Waals surface area contributed by atoms with E-state index in [-0.39, 0.29) is 0 Å². The van der Waals surface area contributed by atoms with E-state index in [1.807, 2.05) is 6.07 Å². The summed E-state index contributed by atoms with van der Waals surface area (Å²) < 4.78 is 5.42. The number of benzene rings is 1. The summed E-state index contributed by atoms with van der Waals surface area (Å²) in [6.07, 6.45) is 2.65. The molecule has 1 heterocycles. The monoisotopic (exact) mass is 220 g/mol. The van der Waals surface area contributed by atoms with E-state index in [1.54, 1.807) is 7.11 Å². The topological polar surface area (TPSA) is 38.5 Å². The third-order valence-electron chi connectivity index (χ3n) is 3.18. The van der Waals surface area contributed by atoms with Gasteiger partial charge in [-0.15, -0.1) is 0 Å². The van der Waals surface area contributed by atoms with Crippen molar-refractivity contribution >= 4 is 0 Å². The van der Waals surface area contributed by atoms with E-state index < -0.39 is 0 Å². The highest BCUT2D eigenvalue weighted by atomic mass is 16.5. The van der Waals surface area contributed by atoms with Gasteiger partial charge in [-0.05, 0) is 37.6 Å². The van der Waals surface area contributed by atoms with Crippen molar-refractivity contribution in [3.8, 4) is 5.75 Å². The minimum Gasteiger partial charge on any atom is -0.496 e. The molecule has 1 saturated heterocycles. The van der Waals surface area contributed by atoms with Gasteiger partial charge in [-0.3, -0.25) is 4.90 Å². The van der Waals surface area contributed by atoms with E-state index in [2.05, 4.69) is 17.0 Å². The Hall–Kier alpha value is -1.06. The van der Waals surface area contributed by atoms with Crippen molar-refractivity contribution in [2.75, 3.05) is 20.2 Å². The molecule has 0 aliphatic carbocycles. The molecule has 0 unspecified atom stereocenters. The summed E-state index contributed by atoms with van der Waals surface area (Å²) in [6, 6.07) is 6.28. The third-order valence-corrected chi connectivity index (χ3v) is 3.18. The first-order chi connectivity index (χ1) is 7.83. The van der Waals surface area contributed by atoms with Crippen LogP contribution in [0.1, 0.15) is 24.0 Å². The quantitative estimate of drug-likeness (QED) is 0.840. The van der Waals surface area contributed by atoms with E-state index in [1.165, 1.54) is 31.5 Å². The zero-order valence-electron chi connectivity index (χ0n) is 9.91. The molecule has 3 heteroatoms. The molecular weight excluding hydrogens is 200 g/mol. The van der Waals surface area contributed by atoms with Crippen LogP contribution in [0.4, 0.5) is 0 Å². The van der Waals surface area contributed by atoms with Crippen LogP contribution in [0.15, 0.2) is 18.2 Å². The van der Waals surface area contributed by atoms with Gasteiger partial charge in [-0.25, -0.2) is 0 Å². The molecule has 0 aromatic heterocycles. The van der Waals surface area contributed by atoms with Crippen molar-refractivity contribution in [2.24, 2.45) is 5.73 Å². The van der Waals surface area contributed by atoms with E-state index in [0.29, 0.717) is 6.54 Å². The van der Waals surface area contributed by atoms with Crippen molar-refractivity contribution in [1.29, 1.82) is 0 Å². The maximum Gasteiger partial charge on any atom is 0.123 e. The number of hydrogen-bond acceptors (Lipinski definition) is 3. The Morgan fingerprint density at radius 1 is 1.31 bits per heavy atom. The largest absolute Gasteiger partial charge is 0.496 e. The first-order valence-electron chi connectivity index (χ1n) is 5.91. The van der Waals surface area contributed by atoms with Gasteiger partial charge in [0.25, 0.3) is 0 Å². The highest BCUT2D eigenvalue weighted by Gasteiger charge is 2.14. The molecule has 2 rings (SSSR count). The summed E-state index contributed by atoms with van der Waals surface area (Å²) in [4.78, 5) is 2.47. The normalized spacial score (nSPS) is 16.6. The Morgan fingerprint density at radius 2 is 2.06 bits per heavy atom. The van der Waals surface area contributed by atoms with Crippen molar-refractivity contribution in [2.45, 2.75) is 25.9 Å². The summed E-state index contributed by atoms with van der Waals surface area (Å²) in [5.41, 5.74) is 8.01. The molecule has 1 aliphatic heterocycles. The van der Waals surface area contributed by atoms with E-state index in [0.717, 1.165) is 17.9 Å². The number of ether oxygens (including phenoxy) is 1. The van der Waals surface area contributed by atoms with Gasteiger partial charge in [0.15, 0.2) is 0 Å². The molecule has 2 N–H and O–H groups in total. The van der Waals surface area contributed by atoms with Gasteiger partial charge in [-0.1, -0.05) is 12.1 Å². The second-order valence-electron chi connectivity index (χ2n) is 4.33. The molecule has 0 radical (unpaired) electrons. The van der Waals surface area contributed by atoms with Crippen molar-refractivity contribution in [3.05, 3.63) is 29.3 Å². The fourth-order valence-electron chi connectivity index (χ4n) is 2.23. The molecule has 16 heavy (non-hydrogen) atoms. The second kappa shape index (κ2) is 5.32. The number of nitrogens with zero attached hydrogens (tertiary/aromatic N) is 1. The van der Waals surface area contributed by atoms with Crippen LogP contribution in [0.25, 0.3) is 0 Å². The first kappa shape index (κ1) is 11.4. The first-order valence-corrected chi connectivity index (χ1v) is 5.91. The summed E-state index contributed by atoms with van der Waals surface area (Å²) in [5, 5.41) is 0. The number of hydrogen-bond donors (Lipinski definition) is 1. The molecule has 1 aliphatic rings. The summed E-state index contributed by atoms with van der Waals surface area (Å²) >= 11 is 0. The Morgan fingerprint density at radius 3 is 2.69 bits per heavy atom. The molecule has 0 bridgehead atoms. The molecule has 0 spiro atoms. The lowest BCUT2D eigenvalue weighted by atomic mass is 10.1. The van der Waals surface area contributed by atoms with Crippen LogP contribution in [0.5, 0.6) is 5.75 Å². The smallest absolute Gasteiger partial charge is 0.123 e. The highest BCUT2D eigenvalue weighted by molar-refractivity contribution is 5.37. The predicted octanol–water partition coefficient (Wildman–Crippen LogP) is 1.75. The zero-order valence-corrected chi connectivity index (χ0v) is 9.91. The Bertz CT molecular complexity index is 346. The number of nitrogens with two attached hydrogens (primary N) is 1. The molecule has 0 amide bonds. The van der Waals surface area contributed by atoms with Crippen LogP contribution in [-0.2, 0) is 13.1 Å². The summed E-state index contributed by atoms with van der Waals surface area (Å²) in [7, 11) is 1.73. The Kier molecular flexibility index (Phi) is 3.80. The average molecular weight is 220 g/mol. The third kappa shape index (κ3) is 2.54. The molecule has 0 saturated carbocycles. The van der Waals surface area contributed by atoms with Crippen LogP contribution in [0.2, 0.25) is 0 Å². The molecule has 0 atom stereocenters. The highest BCUT2D eigenvalue weighted by Crippen LogP contribution is 2.23. The van der Waals surface area contributed by atoms with Crippen LogP contribution in [0, 0.1) is 0 Å². The SMILES string of the molecule is COc1cc(CN)ccc1CN1CCCC1. The average Bonchev–Trinajstić information content (AvgIpc) is 2.82. The lowest BCUT2D eigenvalue weighted by Crippen LogP contribution is -2.18. The van der Waals surface area contributed by atoms with Gasteiger partial charge in [0, 0.05) is 18.7 Å². The van der Waals surface area contributed by atoms with Crippen LogP contribution >= 0.6 is 0 Å². The maximum absolute atomic E-state index is 5.62. The van der Waals surface area contributed by atoms with Crippen LogP contribution < -0.4 is 10.5 Å². The molecule has 88 valence electrons. The van der Waals surface area contributed by atoms with Gasteiger partial charge in [0.1, 0.15) is 5.75 Å². The van der Waals surface area contributed by atoms with E-state index in [9.17, 15) is 0 Å². The number of likely N-dealkylation sites (tertiary alicyclic amines) is 1.